The predicted octanol–water partition coefficient (Wildman–Crippen LogP) is 3.99. The number of nitrogens with zero attached hydrogens (tertiary/aromatic N) is 1. The Morgan fingerprint density at radius 3 is 1.72 bits per heavy atom. The van der Waals surface area contributed by atoms with E-state index >= 15 is 0 Å². The van der Waals surface area contributed by atoms with Crippen molar-refractivity contribution in [2.45, 2.75) is 19.8 Å². The summed E-state index contributed by atoms with van der Waals surface area (Å²) >= 11 is 0. The van der Waals surface area contributed by atoms with Gasteiger partial charge in [-0.25, -0.2) is 0 Å². The number of Topliss-reactive ketones (excluding diaryl/α,β-unsaturated/α-hetero) is 2. The third-order valence-corrected chi connectivity index (χ3v) is 4.39. The molecule has 0 aromatic heterocycles. The van der Waals surface area contributed by atoms with Crippen LogP contribution in [-0.2, 0) is 4.84 Å². The lowest BCUT2D eigenvalue weighted by molar-refractivity contribution is -0.757. The summed E-state index contributed by atoms with van der Waals surface area (Å²) in [6, 6.07) is 13.9. The van der Waals surface area contributed by atoms with Gasteiger partial charge in [-0.3, -0.25) is 14.4 Å². The average molecular weight is 394 g/mol. The summed E-state index contributed by atoms with van der Waals surface area (Å²) < 4.78 is 0. The quantitative estimate of drug-likeness (QED) is 0.468. The second-order valence-corrected chi connectivity index (χ2v) is 6.52. The summed E-state index contributed by atoms with van der Waals surface area (Å²) in [4.78, 5) is 36.0. The van der Waals surface area contributed by atoms with Crippen molar-refractivity contribution in [1.82, 2.24) is 0 Å². The normalized spacial score (nSPS) is 13.6. The second kappa shape index (κ2) is 9.57. The minimum atomic E-state index is -0.944. The van der Waals surface area contributed by atoms with Gasteiger partial charge in [-0.05, 0) is 41.3 Å². The third-order valence-electron chi connectivity index (χ3n) is 4.39. The van der Waals surface area contributed by atoms with Gasteiger partial charge in [-0.15, -0.1) is 10.1 Å². The van der Waals surface area contributed by atoms with Crippen molar-refractivity contribution >= 4 is 22.7 Å². The van der Waals surface area contributed by atoms with Crippen molar-refractivity contribution in [1.29, 1.82) is 0 Å². The van der Waals surface area contributed by atoms with E-state index in [1.807, 2.05) is 24.3 Å². The molecule has 0 fully saturated rings. The molecule has 0 radical (unpaired) electrons. The summed E-state index contributed by atoms with van der Waals surface area (Å²) in [6.07, 6.45) is 0.748. The van der Waals surface area contributed by atoms with Crippen LogP contribution < -0.4 is 5.73 Å². The average Bonchev–Trinajstić information content (AvgIpc) is 3.11. The first-order valence-electron chi connectivity index (χ1n) is 8.84. The maximum absolute atomic E-state index is 11.7. The van der Waals surface area contributed by atoms with Gasteiger partial charge in [-0.1, -0.05) is 49.1 Å². The van der Waals surface area contributed by atoms with E-state index in [1.165, 1.54) is 5.56 Å². The summed E-state index contributed by atoms with van der Waals surface area (Å²) in [5, 5.41) is 8.16. The fourth-order valence-electron chi connectivity index (χ4n) is 3.01. The van der Waals surface area contributed by atoms with E-state index in [4.69, 9.17) is 10.1 Å². The van der Waals surface area contributed by atoms with E-state index in [-0.39, 0.29) is 18.3 Å². The molecule has 0 saturated carbocycles. The Hall–Kier alpha value is -3.58. The highest BCUT2D eigenvalue weighted by Gasteiger charge is 2.30. The SMILES string of the molecule is C=C1CC(=O)c2cc3c(cc21)C(=C)CC3=O.Cc1ccccc1.NCO[N+](=O)[O-]. The van der Waals surface area contributed by atoms with Gasteiger partial charge in [-0.2, -0.15) is 0 Å². The van der Waals surface area contributed by atoms with Gasteiger partial charge in [0.25, 0.3) is 5.09 Å². The van der Waals surface area contributed by atoms with E-state index in [0.29, 0.717) is 24.0 Å². The molecule has 0 unspecified atom stereocenters. The molecule has 2 aromatic rings. The highest BCUT2D eigenvalue weighted by atomic mass is 17.0. The summed E-state index contributed by atoms with van der Waals surface area (Å²) in [5.41, 5.74) is 10.6. The Bertz CT molecular complexity index is 880. The van der Waals surface area contributed by atoms with Crippen LogP contribution >= 0.6 is 0 Å². The van der Waals surface area contributed by atoms with Crippen LogP contribution in [-0.4, -0.2) is 23.4 Å². The van der Waals surface area contributed by atoms with Crippen LogP contribution in [0.4, 0.5) is 0 Å². The zero-order valence-corrected chi connectivity index (χ0v) is 16.1. The van der Waals surface area contributed by atoms with Gasteiger partial charge in [0.2, 0.25) is 0 Å². The smallest absolute Gasteiger partial charge is 0.295 e. The van der Waals surface area contributed by atoms with Crippen LogP contribution in [0.5, 0.6) is 0 Å². The zero-order chi connectivity index (χ0) is 21.6. The van der Waals surface area contributed by atoms with Gasteiger partial charge in [0.1, 0.15) is 6.73 Å². The predicted molar refractivity (Wildman–Crippen MR) is 111 cm³/mol. The number of carbonyl (C=O) groups excluding carboxylic acids is 2. The number of benzene rings is 2. The molecule has 2 aliphatic rings. The summed E-state index contributed by atoms with van der Waals surface area (Å²) in [6.45, 7) is 9.48. The van der Waals surface area contributed by atoms with Gasteiger partial charge in [0.05, 0.1) is 0 Å². The number of rotatable bonds is 2. The Labute approximate surface area is 168 Å². The Balaban J connectivity index is 0.000000192. The maximum atomic E-state index is 11.7. The molecule has 4 rings (SSSR count). The number of fused-ring (bicyclic) bond motifs is 2. The molecule has 0 aliphatic heterocycles. The molecule has 0 atom stereocenters. The number of hydrogen-bond donors (Lipinski definition) is 1. The number of aryl methyl sites for hydroxylation is 1. The molecule has 7 heteroatoms. The molecule has 2 N–H and O–H groups in total. The van der Waals surface area contributed by atoms with Gasteiger partial charge < -0.3 is 5.73 Å². The summed E-state index contributed by atoms with van der Waals surface area (Å²) in [7, 11) is 0. The lowest BCUT2D eigenvalue weighted by Gasteiger charge is -2.03. The molecule has 0 amide bonds. The Morgan fingerprint density at radius 1 is 0.966 bits per heavy atom. The van der Waals surface area contributed by atoms with Crippen LogP contribution in [0.3, 0.4) is 0 Å². The summed E-state index contributed by atoms with van der Waals surface area (Å²) in [5.74, 6) is 0.126. The van der Waals surface area contributed by atoms with Gasteiger partial charge >= 0.3 is 0 Å². The Morgan fingerprint density at radius 2 is 1.41 bits per heavy atom. The van der Waals surface area contributed by atoms with E-state index < -0.39 is 5.09 Å². The number of hydrogen-bond acceptors (Lipinski definition) is 6. The monoisotopic (exact) mass is 394 g/mol. The van der Waals surface area contributed by atoms with Crippen molar-refractivity contribution in [3.63, 3.8) is 0 Å². The van der Waals surface area contributed by atoms with Crippen LogP contribution in [0.15, 0.2) is 55.6 Å². The molecular weight excluding hydrogens is 372 g/mol. The Kier molecular flexibility index (Phi) is 7.16. The molecule has 2 aromatic carbocycles. The first-order chi connectivity index (χ1) is 13.7. The standard InChI is InChI=1S/C14H10O2.C7H8.CH4N2O3/c1-7-3-13(15)11-6-12-10(5-9(7)11)8(2)4-14(12)16;1-7-5-3-2-4-6-7;2-1-6-3(4)5/h5-6H,1-4H2;2-6H,1H3;1-2H2. The molecule has 0 spiro atoms. The molecule has 0 heterocycles. The van der Waals surface area contributed by atoms with Crippen molar-refractivity contribution < 1.29 is 19.5 Å². The number of nitrogens with two attached hydrogens (primary N) is 1. The molecule has 0 saturated heterocycles. The third kappa shape index (κ3) is 5.46. The second-order valence-electron chi connectivity index (χ2n) is 6.52. The minimum Gasteiger partial charge on any atom is -0.309 e. The molecule has 150 valence electrons. The lowest BCUT2D eigenvalue weighted by atomic mass is 9.99. The lowest BCUT2D eigenvalue weighted by Crippen LogP contribution is -2.09. The fraction of sp³-hybridized carbons (Fsp3) is 0.182. The van der Waals surface area contributed by atoms with Crippen molar-refractivity contribution in [2.24, 2.45) is 5.73 Å². The number of allylic oxidation sites excluding steroid dienone is 2. The largest absolute Gasteiger partial charge is 0.309 e. The van der Waals surface area contributed by atoms with Crippen molar-refractivity contribution in [3.05, 3.63) is 93.6 Å². The zero-order valence-electron chi connectivity index (χ0n) is 16.1. The van der Waals surface area contributed by atoms with Crippen molar-refractivity contribution in [2.75, 3.05) is 6.73 Å². The van der Waals surface area contributed by atoms with E-state index in [2.05, 4.69) is 42.8 Å². The molecule has 7 nitrogen and oxygen atoms in total. The number of carbonyl (C=O) groups is 2. The number of ketones is 2. The maximum Gasteiger partial charge on any atom is 0.295 e. The van der Waals surface area contributed by atoms with E-state index in [1.54, 1.807) is 6.07 Å². The van der Waals surface area contributed by atoms with Gasteiger partial charge in [0.15, 0.2) is 11.6 Å². The molecule has 2 aliphatic carbocycles. The van der Waals surface area contributed by atoms with E-state index in [0.717, 1.165) is 22.3 Å². The highest BCUT2D eigenvalue weighted by molar-refractivity contribution is 6.17. The minimum absolute atomic E-state index is 0.0631. The van der Waals surface area contributed by atoms with Crippen LogP contribution in [0.25, 0.3) is 11.1 Å². The highest BCUT2D eigenvalue weighted by Crippen LogP contribution is 2.39. The van der Waals surface area contributed by atoms with E-state index in [9.17, 15) is 9.59 Å². The molecule has 29 heavy (non-hydrogen) atoms. The van der Waals surface area contributed by atoms with Crippen LogP contribution in [0, 0.1) is 17.0 Å². The van der Waals surface area contributed by atoms with Gasteiger partial charge in [0, 0.05) is 24.0 Å². The topological polar surface area (TPSA) is 113 Å². The van der Waals surface area contributed by atoms with Crippen LogP contribution in [0.2, 0.25) is 0 Å². The molecular formula is C22H22N2O5. The van der Waals surface area contributed by atoms with Crippen LogP contribution in [0.1, 0.15) is 50.2 Å². The first kappa shape index (κ1) is 21.7. The van der Waals surface area contributed by atoms with Crippen molar-refractivity contribution in [3.8, 4) is 0 Å². The molecule has 0 bridgehead atoms. The first-order valence-corrected chi connectivity index (χ1v) is 8.84. The fourth-order valence-corrected chi connectivity index (χ4v) is 3.01.